The van der Waals surface area contributed by atoms with Crippen LogP contribution < -0.4 is 5.32 Å². The Bertz CT molecular complexity index is 1190. The predicted molar refractivity (Wildman–Crippen MR) is 122 cm³/mol. The molecular weight excluding hydrogens is 370 g/mol. The highest BCUT2D eigenvalue weighted by atomic mass is 16.1. The summed E-state index contributed by atoms with van der Waals surface area (Å²) in [6.07, 6.45) is 4.23. The van der Waals surface area contributed by atoms with Crippen LogP contribution in [0.3, 0.4) is 0 Å². The van der Waals surface area contributed by atoms with E-state index < -0.39 is 0 Å². The summed E-state index contributed by atoms with van der Waals surface area (Å²) in [5.41, 5.74) is 4.87. The van der Waals surface area contributed by atoms with Crippen LogP contribution in [0.15, 0.2) is 84.9 Å². The molecule has 0 bridgehead atoms. The van der Waals surface area contributed by atoms with Gasteiger partial charge in [0.1, 0.15) is 5.82 Å². The van der Waals surface area contributed by atoms with Crippen LogP contribution in [0.4, 0.5) is 0 Å². The van der Waals surface area contributed by atoms with E-state index in [1.807, 2.05) is 74.5 Å². The van der Waals surface area contributed by atoms with Crippen LogP contribution in [-0.4, -0.2) is 15.5 Å². The van der Waals surface area contributed by atoms with Crippen LogP contribution in [0.25, 0.3) is 17.1 Å². The van der Waals surface area contributed by atoms with Gasteiger partial charge in [0, 0.05) is 12.1 Å². The third-order valence-electron chi connectivity index (χ3n) is 5.10. The summed E-state index contributed by atoms with van der Waals surface area (Å²) < 4.78 is 2.16. The van der Waals surface area contributed by atoms with E-state index in [1.54, 1.807) is 0 Å². The molecule has 0 saturated heterocycles. The van der Waals surface area contributed by atoms with Crippen LogP contribution in [0.1, 0.15) is 40.3 Å². The Balaban J connectivity index is 1.60. The third-order valence-corrected chi connectivity index (χ3v) is 5.10. The summed E-state index contributed by atoms with van der Waals surface area (Å²) in [4.78, 5) is 17.6. The second-order valence-corrected chi connectivity index (χ2v) is 7.45. The standard InChI is InChI=1S/C26H25N3O/c1-19-10-8-14-22(18-19)26(30)27-20(2)25-28-23-15-6-7-16-24(23)29(25)17-9-13-21-11-4-3-5-12-21/h3-16,18,20H,17H2,1-2H3,(H,27,30)/b13-9+. The molecule has 1 amide bonds. The van der Waals surface area contributed by atoms with Gasteiger partial charge >= 0.3 is 0 Å². The Labute approximate surface area is 176 Å². The molecule has 4 aromatic rings. The lowest BCUT2D eigenvalue weighted by Gasteiger charge is -2.16. The smallest absolute Gasteiger partial charge is 0.251 e. The molecule has 1 unspecified atom stereocenters. The van der Waals surface area contributed by atoms with E-state index in [9.17, 15) is 4.79 Å². The van der Waals surface area contributed by atoms with Crippen molar-refractivity contribution in [2.45, 2.75) is 26.4 Å². The molecule has 0 spiro atoms. The van der Waals surface area contributed by atoms with Gasteiger partial charge in [0.05, 0.1) is 17.1 Å². The minimum absolute atomic E-state index is 0.0929. The maximum Gasteiger partial charge on any atom is 0.251 e. The molecule has 4 nitrogen and oxygen atoms in total. The Morgan fingerprint density at radius 3 is 2.60 bits per heavy atom. The molecule has 1 atom stereocenters. The van der Waals surface area contributed by atoms with Gasteiger partial charge in [-0.25, -0.2) is 4.98 Å². The fourth-order valence-corrected chi connectivity index (χ4v) is 3.61. The number of para-hydroxylation sites is 2. The quantitative estimate of drug-likeness (QED) is 0.465. The van der Waals surface area contributed by atoms with Crippen molar-refractivity contribution in [1.29, 1.82) is 0 Å². The molecule has 0 aliphatic carbocycles. The van der Waals surface area contributed by atoms with Gasteiger partial charge in [-0.15, -0.1) is 0 Å². The molecule has 1 heterocycles. The van der Waals surface area contributed by atoms with E-state index in [0.717, 1.165) is 28.0 Å². The highest BCUT2D eigenvalue weighted by molar-refractivity contribution is 5.94. The Hall–Kier alpha value is -3.66. The van der Waals surface area contributed by atoms with Gasteiger partial charge in [-0.3, -0.25) is 4.79 Å². The van der Waals surface area contributed by atoms with E-state index in [1.165, 1.54) is 0 Å². The summed E-state index contributed by atoms with van der Waals surface area (Å²) in [7, 11) is 0. The maximum atomic E-state index is 12.7. The zero-order valence-corrected chi connectivity index (χ0v) is 17.2. The molecule has 1 aromatic heterocycles. The number of amides is 1. The number of benzene rings is 3. The molecule has 0 radical (unpaired) electrons. The molecule has 0 saturated carbocycles. The fraction of sp³-hybridized carbons (Fsp3) is 0.154. The first kappa shape index (κ1) is 19.6. The van der Waals surface area contributed by atoms with Crippen LogP contribution in [0.5, 0.6) is 0 Å². The van der Waals surface area contributed by atoms with E-state index in [2.05, 4.69) is 40.2 Å². The summed E-state index contributed by atoms with van der Waals surface area (Å²) >= 11 is 0. The van der Waals surface area contributed by atoms with Crippen molar-refractivity contribution in [2.75, 3.05) is 0 Å². The summed E-state index contributed by atoms with van der Waals surface area (Å²) in [6.45, 7) is 4.64. The van der Waals surface area contributed by atoms with Gasteiger partial charge in [-0.1, -0.05) is 72.3 Å². The number of rotatable bonds is 6. The van der Waals surface area contributed by atoms with Crippen molar-refractivity contribution in [3.05, 3.63) is 107 Å². The van der Waals surface area contributed by atoms with Crippen molar-refractivity contribution in [2.24, 2.45) is 0 Å². The first-order valence-corrected chi connectivity index (χ1v) is 10.2. The molecule has 3 aromatic carbocycles. The number of hydrogen-bond donors (Lipinski definition) is 1. The highest BCUT2D eigenvalue weighted by Gasteiger charge is 2.18. The molecule has 4 rings (SSSR count). The SMILES string of the molecule is Cc1cccc(C(=O)NC(C)c2nc3ccccc3n2C/C=C/c2ccccc2)c1. The van der Waals surface area contributed by atoms with Gasteiger partial charge in [0.2, 0.25) is 0 Å². The van der Waals surface area contributed by atoms with Gasteiger partial charge in [-0.05, 0) is 43.7 Å². The van der Waals surface area contributed by atoms with Crippen molar-refractivity contribution in [3.8, 4) is 0 Å². The number of allylic oxidation sites excluding steroid dienone is 1. The number of carbonyl (C=O) groups is 1. The molecule has 0 fully saturated rings. The van der Waals surface area contributed by atoms with E-state index in [-0.39, 0.29) is 11.9 Å². The molecule has 150 valence electrons. The first-order valence-electron chi connectivity index (χ1n) is 10.2. The number of nitrogens with one attached hydrogen (secondary N) is 1. The number of imidazole rings is 1. The lowest BCUT2D eigenvalue weighted by Crippen LogP contribution is -2.28. The molecule has 4 heteroatoms. The number of carbonyl (C=O) groups excluding carboxylic acids is 1. The third kappa shape index (κ3) is 4.33. The van der Waals surface area contributed by atoms with E-state index >= 15 is 0 Å². The predicted octanol–water partition coefficient (Wildman–Crippen LogP) is 5.55. The average Bonchev–Trinajstić information content (AvgIpc) is 3.13. The van der Waals surface area contributed by atoms with Crippen LogP contribution in [0.2, 0.25) is 0 Å². The molecular formula is C26H25N3O. The van der Waals surface area contributed by atoms with E-state index in [0.29, 0.717) is 12.1 Å². The van der Waals surface area contributed by atoms with Gasteiger partial charge in [0.15, 0.2) is 0 Å². The van der Waals surface area contributed by atoms with Gasteiger partial charge in [0.25, 0.3) is 5.91 Å². The maximum absolute atomic E-state index is 12.7. The number of nitrogens with zero attached hydrogens (tertiary/aromatic N) is 2. The number of aryl methyl sites for hydroxylation is 1. The van der Waals surface area contributed by atoms with Crippen molar-refractivity contribution < 1.29 is 4.79 Å². The van der Waals surface area contributed by atoms with Crippen LogP contribution >= 0.6 is 0 Å². The Morgan fingerprint density at radius 1 is 1.03 bits per heavy atom. The lowest BCUT2D eigenvalue weighted by atomic mass is 10.1. The number of hydrogen-bond acceptors (Lipinski definition) is 2. The van der Waals surface area contributed by atoms with E-state index in [4.69, 9.17) is 4.98 Å². The zero-order valence-electron chi connectivity index (χ0n) is 17.2. The highest BCUT2D eigenvalue weighted by Crippen LogP contribution is 2.21. The lowest BCUT2D eigenvalue weighted by molar-refractivity contribution is 0.0937. The largest absolute Gasteiger partial charge is 0.342 e. The summed E-state index contributed by atoms with van der Waals surface area (Å²) in [5, 5.41) is 3.10. The van der Waals surface area contributed by atoms with Crippen LogP contribution in [0, 0.1) is 6.92 Å². The Morgan fingerprint density at radius 2 is 1.80 bits per heavy atom. The fourth-order valence-electron chi connectivity index (χ4n) is 3.61. The van der Waals surface area contributed by atoms with Crippen molar-refractivity contribution in [3.63, 3.8) is 0 Å². The Kier molecular flexibility index (Phi) is 5.75. The van der Waals surface area contributed by atoms with Crippen molar-refractivity contribution in [1.82, 2.24) is 14.9 Å². The summed E-state index contributed by atoms with van der Waals surface area (Å²) in [5.74, 6) is 0.750. The topological polar surface area (TPSA) is 46.9 Å². The zero-order chi connectivity index (χ0) is 20.9. The molecule has 30 heavy (non-hydrogen) atoms. The second-order valence-electron chi connectivity index (χ2n) is 7.45. The number of fused-ring (bicyclic) bond motifs is 1. The number of aromatic nitrogens is 2. The normalized spacial score (nSPS) is 12.3. The van der Waals surface area contributed by atoms with Gasteiger partial charge < -0.3 is 9.88 Å². The molecule has 0 aliphatic heterocycles. The minimum atomic E-state index is -0.226. The first-order chi connectivity index (χ1) is 14.6. The second kappa shape index (κ2) is 8.78. The molecule has 0 aliphatic rings. The van der Waals surface area contributed by atoms with Crippen molar-refractivity contribution >= 4 is 23.0 Å². The molecule has 1 N–H and O–H groups in total. The van der Waals surface area contributed by atoms with Gasteiger partial charge in [-0.2, -0.15) is 0 Å². The summed E-state index contributed by atoms with van der Waals surface area (Å²) in [6, 6.07) is 25.7. The van der Waals surface area contributed by atoms with Crippen LogP contribution in [-0.2, 0) is 6.54 Å². The minimum Gasteiger partial charge on any atom is -0.342 e. The monoisotopic (exact) mass is 395 g/mol. The average molecular weight is 396 g/mol.